The van der Waals surface area contributed by atoms with Crippen molar-refractivity contribution in [2.75, 3.05) is 10.0 Å². The van der Waals surface area contributed by atoms with Gasteiger partial charge in [-0.1, -0.05) is 46.4 Å². The molecule has 3 aromatic carbocycles. The molecule has 0 heterocycles. The van der Waals surface area contributed by atoms with E-state index in [1.165, 1.54) is 18.2 Å². The van der Waals surface area contributed by atoms with E-state index in [1.54, 1.807) is 0 Å². The van der Waals surface area contributed by atoms with Crippen LogP contribution in [0.15, 0.2) is 59.5 Å². The van der Waals surface area contributed by atoms with E-state index in [4.69, 9.17) is 51.1 Å². The van der Waals surface area contributed by atoms with Gasteiger partial charge >= 0.3 is 12.1 Å². The zero-order chi connectivity index (χ0) is 28.4. The first-order chi connectivity index (χ1) is 17.6. The number of carbonyl (C=O) groups excluding carboxylic acids is 2. The molecule has 3 rings (SSSR count). The van der Waals surface area contributed by atoms with Gasteiger partial charge < -0.3 is 10.1 Å². The van der Waals surface area contributed by atoms with Crippen LogP contribution in [0.5, 0.6) is 0 Å². The summed E-state index contributed by atoms with van der Waals surface area (Å²) in [5.41, 5.74) is -1.73. The fourth-order valence-corrected chi connectivity index (χ4v) is 5.08. The predicted molar refractivity (Wildman–Crippen MR) is 139 cm³/mol. The summed E-state index contributed by atoms with van der Waals surface area (Å²) in [4.78, 5) is 24.6. The van der Waals surface area contributed by atoms with Gasteiger partial charge in [-0.3, -0.25) is 9.52 Å². The summed E-state index contributed by atoms with van der Waals surface area (Å²) in [5.74, 6) is -2.10. The van der Waals surface area contributed by atoms with Crippen molar-refractivity contribution < 1.29 is 35.9 Å². The molecular weight excluding hydrogens is 615 g/mol. The second-order valence-electron chi connectivity index (χ2n) is 7.60. The van der Waals surface area contributed by atoms with Gasteiger partial charge in [-0.25, -0.2) is 13.2 Å². The minimum Gasteiger partial charge on any atom is -0.449 e. The van der Waals surface area contributed by atoms with Gasteiger partial charge in [0.05, 0.1) is 37.6 Å². The van der Waals surface area contributed by atoms with Crippen LogP contribution in [0.3, 0.4) is 0 Å². The molecule has 1 amide bonds. The number of nitrogens with one attached hydrogen (secondary N) is 2. The Morgan fingerprint density at radius 1 is 0.868 bits per heavy atom. The van der Waals surface area contributed by atoms with E-state index >= 15 is 0 Å². The van der Waals surface area contributed by atoms with Gasteiger partial charge in [-0.2, -0.15) is 13.2 Å². The van der Waals surface area contributed by atoms with Crippen LogP contribution in [0.2, 0.25) is 20.1 Å². The lowest BCUT2D eigenvalue weighted by Gasteiger charge is -2.16. The SMILES string of the molecule is C[C@H](OC(=O)c1ccc(Cl)c(S(=O)(=O)Nc2cc(Cl)ccc2Cl)c1)C(=O)Nc1cc(C(F)(F)F)ccc1Cl. The smallest absolute Gasteiger partial charge is 0.416 e. The van der Waals surface area contributed by atoms with Gasteiger partial charge in [-0.05, 0) is 61.5 Å². The zero-order valence-corrected chi connectivity index (χ0v) is 22.7. The lowest BCUT2D eigenvalue weighted by atomic mass is 10.2. The molecule has 0 saturated heterocycles. The normalized spacial score (nSPS) is 12.5. The summed E-state index contributed by atoms with van der Waals surface area (Å²) in [6.07, 6.45) is -6.19. The molecule has 202 valence electrons. The topological polar surface area (TPSA) is 102 Å². The van der Waals surface area contributed by atoms with Crippen LogP contribution in [0.25, 0.3) is 0 Å². The van der Waals surface area contributed by atoms with E-state index in [9.17, 15) is 31.2 Å². The highest BCUT2D eigenvalue weighted by atomic mass is 35.5. The van der Waals surface area contributed by atoms with E-state index in [1.807, 2.05) is 0 Å². The van der Waals surface area contributed by atoms with Gasteiger partial charge in [-0.15, -0.1) is 0 Å². The van der Waals surface area contributed by atoms with Crippen molar-refractivity contribution in [3.63, 3.8) is 0 Å². The molecule has 38 heavy (non-hydrogen) atoms. The Bertz CT molecular complexity index is 1520. The molecule has 2 N–H and O–H groups in total. The first-order valence-electron chi connectivity index (χ1n) is 10.2. The molecule has 0 bridgehead atoms. The van der Waals surface area contributed by atoms with Crippen molar-refractivity contribution in [2.24, 2.45) is 0 Å². The van der Waals surface area contributed by atoms with Crippen LogP contribution < -0.4 is 10.0 Å². The summed E-state index contributed by atoms with van der Waals surface area (Å²) in [6.45, 7) is 1.16. The molecule has 1 atom stereocenters. The maximum atomic E-state index is 13.0. The van der Waals surface area contributed by atoms with E-state index in [2.05, 4.69) is 10.0 Å². The molecular formula is C23H15Cl4F3N2O5S. The van der Waals surface area contributed by atoms with Gasteiger partial charge in [0.2, 0.25) is 0 Å². The minimum atomic E-state index is -4.68. The Hall–Kier alpha value is -2.70. The molecule has 0 aliphatic heterocycles. The third-order valence-electron chi connectivity index (χ3n) is 4.83. The summed E-state index contributed by atoms with van der Waals surface area (Å²) < 4.78 is 72.0. The number of sulfonamides is 1. The molecule has 0 saturated carbocycles. The third-order valence-corrected chi connectivity index (χ3v) is 7.58. The number of benzene rings is 3. The number of anilines is 2. The molecule has 0 radical (unpaired) electrons. The Kier molecular flexibility index (Phi) is 9.10. The molecule has 3 aromatic rings. The average Bonchev–Trinajstić information content (AvgIpc) is 2.81. The van der Waals surface area contributed by atoms with Gasteiger partial charge in [0, 0.05) is 5.02 Å². The standard InChI is InChI=1S/C23H15Cl4F3N2O5S/c1-11(21(33)31-18-9-13(23(28,29)30)3-6-15(18)25)37-22(34)12-2-5-17(27)20(8-12)38(35,36)32-19-10-14(24)4-7-16(19)26/h2-11,32H,1H3,(H,31,33)/t11-/m0/s1. The number of hydrogen-bond acceptors (Lipinski definition) is 5. The predicted octanol–water partition coefficient (Wildman–Crippen LogP) is 7.30. The number of carbonyl (C=O) groups is 2. The van der Waals surface area contributed by atoms with Crippen LogP contribution in [-0.2, 0) is 25.7 Å². The Morgan fingerprint density at radius 3 is 2.13 bits per heavy atom. The maximum absolute atomic E-state index is 13.0. The number of halogens is 7. The lowest BCUT2D eigenvalue weighted by Crippen LogP contribution is -2.30. The second kappa shape index (κ2) is 11.6. The number of alkyl halides is 3. The summed E-state index contributed by atoms with van der Waals surface area (Å²) in [6, 6.07) is 9.61. The van der Waals surface area contributed by atoms with E-state index in [0.29, 0.717) is 6.07 Å². The van der Waals surface area contributed by atoms with Crippen molar-refractivity contribution >= 4 is 79.7 Å². The highest BCUT2D eigenvalue weighted by Crippen LogP contribution is 2.34. The van der Waals surface area contributed by atoms with Crippen LogP contribution in [0, 0.1) is 0 Å². The molecule has 0 fully saturated rings. The Morgan fingerprint density at radius 2 is 1.47 bits per heavy atom. The highest BCUT2D eigenvalue weighted by Gasteiger charge is 2.31. The summed E-state index contributed by atoms with van der Waals surface area (Å²) in [5, 5.41) is 2.00. The number of ether oxygens (including phenoxy) is 1. The minimum absolute atomic E-state index is 0.0400. The van der Waals surface area contributed by atoms with Crippen LogP contribution in [-0.4, -0.2) is 26.4 Å². The molecule has 0 aromatic heterocycles. The summed E-state index contributed by atoms with van der Waals surface area (Å²) >= 11 is 23.8. The summed E-state index contributed by atoms with van der Waals surface area (Å²) in [7, 11) is -4.36. The van der Waals surface area contributed by atoms with Crippen molar-refractivity contribution in [3.05, 3.63) is 85.8 Å². The van der Waals surface area contributed by atoms with E-state index < -0.39 is 44.6 Å². The zero-order valence-electron chi connectivity index (χ0n) is 18.9. The Labute approximate surface area is 234 Å². The molecule has 0 spiro atoms. The molecule has 15 heteroatoms. The first kappa shape index (κ1) is 29.9. The van der Waals surface area contributed by atoms with Gasteiger partial charge in [0.1, 0.15) is 4.90 Å². The van der Waals surface area contributed by atoms with Gasteiger partial charge in [0.25, 0.3) is 15.9 Å². The fourth-order valence-electron chi connectivity index (χ4n) is 2.93. The van der Waals surface area contributed by atoms with Crippen LogP contribution in [0.4, 0.5) is 24.5 Å². The van der Waals surface area contributed by atoms with Crippen molar-refractivity contribution in [1.82, 2.24) is 0 Å². The van der Waals surface area contributed by atoms with Gasteiger partial charge in [0.15, 0.2) is 6.10 Å². The maximum Gasteiger partial charge on any atom is 0.416 e. The number of rotatable bonds is 7. The molecule has 7 nitrogen and oxygen atoms in total. The largest absolute Gasteiger partial charge is 0.449 e. The second-order valence-corrected chi connectivity index (χ2v) is 10.9. The fraction of sp³-hybridized carbons (Fsp3) is 0.130. The first-order valence-corrected chi connectivity index (χ1v) is 13.2. The van der Waals surface area contributed by atoms with Crippen molar-refractivity contribution in [2.45, 2.75) is 24.1 Å². The monoisotopic (exact) mass is 628 g/mol. The van der Waals surface area contributed by atoms with Crippen LogP contribution >= 0.6 is 46.4 Å². The highest BCUT2D eigenvalue weighted by molar-refractivity contribution is 7.92. The lowest BCUT2D eigenvalue weighted by molar-refractivity contribution is -0.137. The number of esters is 1. The quantitative estimate of drug-likeness (QED) is 0.267. The molecule has 0 unspecified atom stereocenters. The average molecular weight is 630 g/mol. The Balaban J connectivity index is 1.77. The van der Waals surface area contributed by atoms with Crippen molar-refractivity contribution in [1.29, 1.82) is 0 Å². The van der Waals surface area contributed by atoms with Crippen molar-refractivity contribution in [3.8, 4) is 0 Å². The molecule has 0 aliphatic carbocycles. The number of amides is 1. The van der Waals surface area contributed by atoms with E-state index in [-0.39, 0.29) is 37.0 Å². The molecule has 0 aliphatic rings. The number of hydrogen-bond donors (Lipinski definition) is 2. The van der Waals surface area contributed by atoms with E-state index in [0.717, 1.165) is 37.3 Å². The third kappa shape index (κ3) is 7.23. The van der Waals surface area contributed by atoms with Crippen LogP contribution in [0.1, 0.15) is 22.8 Å².